The van der Waals surface area contributed by atoms with Crippen LogP contribution in [-0.4, -0.2) is 36.7 Å². The lowest BCUT2D eigenvalue weighted by Crippen LogP contribution is -2.40. The van der Waals surface area contributed by atoms with Crippen molar-refractivity contribution in [1.29, 1.82) is 0 Å². The molecule has 1 saturated heterocycles. The van der Waals surface area contributed by atoms with Gasteiger partial charge in [-0.25, -0.2) is 0 Å². The standard InChI is InChI=1S/C20H23N5O/c1-23-12-7-11-18(23)20(26)25-13-6-5-10-17(25)19-22-21-15-24(19)14-16-8-3-2-4-9-16/h2-4,7-9,11-12,15,17H,5-6,10,13-14H2,1H3/t17-/m1/s1. The van der Waals surface area contributed by atoms with Gasteiger partial charge in [0.15, 0.2) is 5.82 Å². The van der Waals surface area contributed by atoms with Gasteiger partial charge in [-0.3, -0.25) is 4.79 Å². The summed E-state index contributed by atoms with van der Waals surface area (Å²) in [6, 6.07) is 14.0. The number of aryl methyl sites for hydroxylation is 1. The number of rotatable bonds is 4. The third kappa shape index (κ3) is 3.14. The molecule has 1 atom stereocenters. The van der Waals surface area contributed by atoms with Crippen LogP contribution in [0.2, 0.25) is 0 Å². The lowest BCUT2D eigenvalue weighted by molar-refractivity contribution is 0.0585. The van der Waals surface area contributed by atoms with Gasteiger partial charge in [0.2, 0.25) is 0 Å². The predicted molar refractivity (Wildman–Crippen MR) is 98.6 cm³/mol. The maximum absolute atomic E-state index is 13.1. The van der Waals surface area contributed by atoms with Gasteiger partial charge in [0.05, 0.1) is 12.6 Å². The van der Waals surface area contributed by atoms with Crippen LogP contribution in [0.4, 0.5) is 0 Å². The van der Waals surface area contributed by atoms with Crippen LogP contribution in [0.3, 0.4) is 0 Å². The molecular formula is C20H23N5O. The Labute approximate surface area is 153 Å². The molecular weight excluding hydrogens is 326 g/mol. The highest BCUT2D eigenvalue weighted by molar-refractivity contribution is 5.93. The Bertz CT molecular complexity index is 883. The monoisotopic (exact) mass is 349 g/mol. The van der Waals surface area contributed by atoms with E-state index in [9.17, 15) is 4.79 Å². The van der Waals surface area contributed by atoms with E-state index in [2.05, 4.69) is 26.9 Å². The summed E-state index contributed by atoms with van der Waals surface area (Å²) in [5.74, 6) is 0.938. The van der Waals surface area contributed by atoms with Crippen LogP contribution in [-0.2, 0) is 13.6 Å². The summed E-state index contributed by atoms with van der Waals surface area (Å²) in [6.07, 6.45) is 6.72. The van der Waals surface area contributed by atoms with Gasteiger partial charge in [0, 0.05) is 19.8 Å². The van der Waals surface area contributed by atoms with Crippen molar-refractivity contribution in [3.8, 4) is 0 Å². The molecule has 0 aliphatic carbocycles. The molecule has 134 valence electrons. The smallest absolute Gasteiger partial charge is 0.271 e. The number of aromatic nitrogens is 4. The first-order chi connectivity index (χ1) is 12.7. The number of hydrogen-bond acceptors (Lipinski definition) is 3. The van der Waals surface area contributed by atoms with Gasteiger partial charge in [0.25, 0.3) is 5.91 Å². The normalized spacial score (nSPS) is 17.4. The van der Waals surface area contributed by atoms with E-state index < -0.39 is 0 Å². The average Bonchev–Trinajstić information content (AvgIpc) is 3.31. The second-order valence-electron chi connectivity index (χ2n) is 6.82. The molecule has 1 amide bonds. The number of nitrogens with zero attached hydrogens (tertiary/aromatic N) is 5. The third-order valence-electron chi connectivity index (χ3n) is 5.07. The molecule has 0 unspecified atom stereocenters. The number of hydrogen-bond donors (Lipinski definition) is 0. The Morgan fingerprint density at radius 3 is 2.77 bits per heavy atom. The summed E-state index contributed by atoms with van der Waals surface area (Å²) in [4.78, 5) is 15.1. The molecule has 4 rings (SSSR count). The molecule has 0 radical (unpaired) electrons. The topological polar surface area (TPSA) is 56.0 Å². The Hall–Kier alpha value is -2.89. The average molecular weight is 349 g/mol. The molecule has 1 fully saturated rings. The Morgan fingerprint density at radius 1 is 1.15 bits per heavy atom. The largest absolute Gasteiger partial charge is 0.347 e. The molecule has 2 aromatic heterocycles. The van der Waals surface area contributed by atoms with Gasteiger partial charge in [-0.1, -0.05) is 30.3 Å². The van der Waals surface area contributed by atoms with Crippen molar-refractivity contribution in [3.05, 3.63) is 72.1 Å². The van der Waals surface area contributed by atoms with Gasteiger partial charge < -0.3 is 14.0 Å². The number of carbonyl (C=O) groups is 1. The molecule has 1 aliphatic heterocycles. The van der Waals surface area contributed by atoms with Gasteiger partial charge in [-0.2, -0.15) is 0 Å². The van der Waals surface area contributed by atoms with Crippen molar-refractivity contribution in [2.75, 3.05) is 6.54 Å². The maximum atomic E-state index is 13.1. The van der Waals surface area contributed by atoms with Crippen LogP contribution in [0.15, 0.2) is 55.0 Å². The van der Waals surface area contributed by atoms with Crippen LogP contribution in [0.25, 0.3) is 0 Å². The number of piperidine rings is 1. The zero-order valence-corrected chi connectivity index (χ0v) is 15.0. The maximum Gasteiger partial charge on any atom is 0.271 e. The molecule has 1 aromatic carbocycles. The zero-order valence-electron chi connectivity index (χ0n) is 15.0. The second-order valence-corrected chi connectivity index (χ2v) is 6.82. The fourth-order valence-corrected chi connectivity index (χ4v) is 3.70. The van der Waals surface area contributed by atoms with Gasteiger partial charge in [0.1, 0.15) is 12.0 Å². The minimum atomic E-state index is -0.0302. The van der Waals surface area contributed by atoms with E-state index in [0.717, 1.165) is 31.6 Å². The van der Waals surface area contributed by atoms with Gasteiger partial charge in [-0.15, -0.1) is 10.2 Å². The van der Waals surface area contributed by atoms with Crippen LogP contribution in [0, 0.1) is 0 Å². The minimum Gasteiger partial charge on any atom is -0.347 e. The first-order valence-electron chi connectivity index (χ1n) is 9.08. The molecule has 0 bridgehead atoms. The predicted octanol–water partition coefficient (Wildman–Crippen LogP) is 3.03. The highest BCUT2D eigenvalue weighted by Crippen LogP contribution is 2.31. The summed E-state index contributed by atoms with van der Waals surface area (Å²) in [5, 5.41) is 8.52. The summed E-state index contributed by atoms with van der Waals surface area (Å²) in [6.45, 7) is 1.47. The van der Waals surface area contributed by atoms with E-state index >= 15 is 0 Å². The van der Waals surface area contributed by atoms with Crippen LogP contribution in [0.5, 0.6) is 0 Å². The van der Waals surface area contributed by atoms with Crippen LogP contribution in [0.1, 0.15) is 47.2 Å². The molecule has 26 heavy (non-hydrogen) atoms. The van der Waals surface area contributed by atoms with Crippen molar-refractivity contribution in [3.63, 3.8) is 0 Å². The fourth-order valence-electron chi connectivity index (χ4n) is 3.70. The van der Waals surface area contributed by atoms with E-state index in [1.165, 1.54) is 5.56 Å². The van der Waals surface area contributed by atoms with Crippen molar-refractivity contribution in [2.24, 2.45) is 7.05 Å². The first kappa shape index (κ1) is 16.6. The van der Waals surface area contributed by atoms with Crippen LogP contribution < -0.4 is 0 Å². The number of benzene rings is 1. The SMILES string of the molecule is Cn1cccc1C(=O)N1CCCC[C@@H]1c1nncn1Cc1ccccc1. The Kier molecular flexibility index (Phi) is 4.56. The highest BCUT2D eigenvalue weighted by Gasteiger charge is 2.32. The summed E-state index contributed by atoms with van der Waals surface area (Å²) in [7, 11) is 1.91. The molecule has 6 heteroatoms. The van der Waals surface area contributed by atoms with Crippen molar-refractivity contribution >= 4 is 5.91 Å². The lowest BCUT2D eigenvalue weighted by atomic mass is 10.0. The molecule has 6 nitrogen and oxygen atoms in total. The van der Waals surface area contributed by atoms with Crippen LogP contribution >= 0.6 is 0 Å². The second kappa shape index (κ2) is 7.15. The number of likely N-dealkylation sites (tertiary alicyclic amines) is 1. The van der Waals surface area contributed by atoms with E-state index in [-0.39, 0.29) is 11.9 Å². The molecule has 0 N–H and O–H groups in total. The van der Waals surface area contributed by atoms with E-state index in [1.54, 1.807) is 6.33 Å². The lowest BCUT2D eigenvalue weighted by Gasteiger charge is -2.35. The van der Waals surface area contributed by atoms with E-state index in [1.807, 2.05) is 53.0 Å². The summed E-state index contributed by atoms with van der Waals surface area (Å²) >= 11 is 0. The number of amides is 1. The van der Waals surface area contributed by atoms with Crippen molar-refractivity contribution in [2.45, 2.75) is 31.8 Å². The summed E-state index contributed by atoms with van der Waals surface area (Å²) < 4.78 is 3.94. The van der Waals surface area contributed by atoms with Crippen molar-refractivity contribution < 1.29 is 4.79 Å². The molecule has 3 heterocycles. The third-order valence-corrected chi connectivity index (χ3v) is 5.07. The van der Waals surface area contributed by atoms with E-state index in [4.69, 9.17) is 0 Å². The molecule has 0 saturated carbocycles. The fraction of sp³-hybridized carbons (Fsp3) is 0.350. The van der Waals surface area contributed by atoms with Crippen molar-refractivity contribution in [1.82, 2.24) is 24.2 Å². The Balaban J connectivity index is 1.62. The van der Waals surface area contributed by atoms with Gasteiger partial charge in [-0.05, 0) is 37.0 Å². The molecule has 0 spiro atoms. The number of carbonyl (C=O) groups excluding carboxylic acids is 1. The zero-order chi connectivity index (χ0) is 17.9. The molecule has 1 aliphatic rings. The first-order valence-corrected chi connectivity index (χ1v) is 9.08. The Morgan fingerprint density at radius 2 is 2.00 bits per heavy atom. The quantitative estimate of drug-likeness (QED) is 0.727. The molecule has 3 aromatic rings. The minimum absolute atomic E-state index is 0.0302. The van der Waals surface area contributed by atoms with Gasteiger partial charge >= 0.3 is 0 Å². The summed E-state index contributed by atoms with van der Waals surface area (Å²) in [5.41, 5.74) is 1.91. The highest BCUT2D eigenvalue weighted by atomic mass is 16.2. The van der Waals surface area contributed by atoms with E-state index in [0.29, 0.717) is 12.2 Å².